The number of benzene rings is 1. The summed E-state index contributed by atoms with van der Waals surface area (Å²) in [5.41, 5.74) is 6.37. The lowest BCUT2D eigenvalue weighted by Crippen LogP contribution is -2.39. The van der Waals surface area contributed by atoms with Crippen LogP contribution in [0.15, 0.2) is 30.3 Å². The maximum Gasteiger partial charge on any atom is 0.321 e. The van der Waals surface area contributed by atoms with Gasteiger partial charge in [-0.05, 0) is 12.5 Å². The van der Waals surface area contributed by atoms with E-state index in [-0.39, 0.29) is 12.3 Å². The number of carbonyl (C=O) groups excluding carboxylic acids is 1. The standard InChI is InChI=1S/C13H18N2O3/c1-2-15(9-10-6-4-3-5-7-10)12(16)8-11(14)13(17)18/h3-7,11H,2,8-9,14H2,1H3,(H,17,18). The minimum Gasteiger partial charge on any atom is -0.480 e. The molecule has 1 aromatic carbocycles. The van der Waals surface area contributed by atoms with E-state index in [0.717, 1.165) is 5.56 Å². The molecular formula is C13H18N2O3. The van der Waals surface area contributed by atoms with Crippen LogP contribution in [-0.2, 0) is 16.1 Å². The van der Waals surface area contributed by atoms with Crippen LogP contribution in [0.3, 0.4) is 0 Å². The minimum atomic E-state index is -1.15. The van der Waals surface area contributed by atoms with Crippen molar-refractivity contribution in [1.82, 2.24) is 4.90 Å². The Hall–Kier alpha value is -1.88. The molecule has 5 nitrogen and oxygen atoms in total. The van der Waals surface area contributed by atoms with Gasteiger partial charge in [-0.2, -0.15) is 0 Å². The molecule has 0 aliphatic rings. The van der Waals surface area contributed by atoms with E-state index in [1.54, 1.807) is 4.90 Å². The number of nitrogens with two attached hydrogens (primary N) is 1. The first kappa shape index (κ1) is 14.2. The predicted molar refractivity (Wildman–Crippen MR) is 67.8 cm³/mol. The molecule has 0 saturated heterocycles. The molecule has 0 aliphatic carbocycles. The molecule has 1 atom stereocenters. The van der Waals surface area contributed by atoms with Crippen LogP contribution in [0.2, 0.25) is 0 Å². The predicted octanol–water partition coefficient (Wildman–Crippen LogP) is 0.837. The molecule has 1 amide bonds. The summed E-state index contributed by atoms with van der Waals surface area (Å²) >= 11 is 0. The summed E-state index contributed by atoms with van der Waals surface area (Å²) in [6.45, 7) is 2.86. The quantitative estimate of drug-likeness (QED) is 0.783. The van der Waals surface area contributed by atoms with Gasteiger partial charge in [0, 0.05) is 13.1 Å². The summed E-state index contributed by atoms with van der Waals surface area (Å²) in [4.78, 5) is 24.1. The highest BCUT2D eigenvalue weighted by molar-refractivity contribution is 5.84. The molecule has 1 aromatic rings. The van der Waals surface area contributed by atoms with Crippen LogP contribution in [0, 0.1) is 0 Å². The van der Waals surface area contributed by atoms with E-state index in [9.17, 15) is 9.59 Å². The normalized spacial score (nSPS) is 11.9. The van der Waals surface area contributed by atoms with Gasteiger partial charge in [0.1, 0.15) is 6.04 Å². The van der Waals surface area contributed by atoms with Crippen LogP contribution in [0.4, 0.5) is 0 Å². The highest BCUT2D eigenvalue weighted by atomic mass is 16.4. The summed E-state index contributed by atoms with van der Waals surface area (Å²) in [7, 11) is 0. The van der Waals surface area contributed by atoms with E-state index in [1.165, 1.54) is 0 Å². The van der Waals surface area contributed by atoms with Crippen molar-refractivity contribution in [2.24, 2.45) is 5.73 Å². The Morgan fingerprint density at radius 2 is 1.94 bits per heavy atom. The van der Waals surface area contributed by atoms with Gasteiger partial charge in [-0.3, -0.25) is 9.59 Å². The minimum absolute atomic E-state index is 0.171. The fraction of sp³-hybridized carbons (Fsp3) is 0.385. The number of rotatable bonds is 6. The first-order chi connectivity index (χ1) is 8.54. The smallest absolute Gasteiger partial charge is 0.321 e. The maximum atomic E-state index is 11.9. The second kappa shape index (κ2) is 6.76. The number of amides is 1. The summed E-state index contributed by atoms with van der Waals surface area (Å²) in [6.07, 6.45) is -0.171. The van der Waals surface area contributed by atoms with Crippen molar-refractivity contribution >= 4 is 11.9 Å². The number of carboxylic acids is 1. The highest BCUT2D eigenvalue weighted by Crippen LogP contribution is 2.06. The molecule has 98 valence electrons. The highest BCUT2D eigenvalue weighted by Gasteiger charge is 2.20. The van der Waals surface area contributed by atoms with Crippen molar-refractivity contribution in [3.05, 3.63) is 35.9 Å². The fourth-order valence-electron chi connectivity index (χ4n) is 1.58. The monoisotopic (exact) mass is 250 g/mol. The molecule has 0 aliphatic heterocycles. The second-order valence-corrected chi connectivity index (χ2v) is 4.04. The zero-order valence-corrected chi connectivity index (χ0v) is 10.4. The number of nitrogens with zero attached hydrogens (tertiary/aromatic N) is 1. The van der Waals surface area contributed by atoms with E-state index in [2.05, 4.69) is 0 Å². The van der Waals surface area contributed by atoms with Gasteiger partial charge in [0.05, 0.1) is 6.42 Å². The third-order valence-electron chi connectivity index (χ3n) is 2.66. The van der Waals surface area contributed by atoms with Gasteiger partial charge in [0.2, 0.25) is 5.91 Å². The number of carboxylic acid groups (broad SMARTS) is 1. The van der Waals surface area contributed by atoms with Gasteiger partial charge in [-0.15, -0.1) is 0 Å². The van der Waals surface area contributed by atoms with Crippen molar-refractivity contribution in [3.8, 4) is 0 Å². The number of hydrogen-bond acceptors (Lipinski definition) is 3. The number of aliphatic carboxylic acids is 1. The van der Waals surface area contributed by atoms with Crippen LogP contribution in [-0.4, -0.2) is 34.5 Å². The summed E-state index contributed by atoms with van der Waals surface area (Å²) < 4.78 is 0. The summed E-state index contributed by atoms with van der Waals surface area (Å²) in [5.74, 6) is -1.39. The Bertz CT molecular complexity index is 406. The number of carbonyl (C=O) groups is 2. The van der Waals surface area contributed by atoms with Crippen LogP contribution in [0.25, 0.3) is 0 Å². The fourth-order valence-corrected chi connectivity index (χ4v) is 1.58. The molecule has 0 saturated carbocycles. The van der Waals surface area contributed by atoms with E-state index in [4.69, 9.17) is 10.8 Å². The molecule has 0 spiro atoms. The van der Waals surface area contributed by atoms with E-state index < -0.39 is 12.0 Å². The Morgan fingerprint density at radius 3 is 2.44 bits per heavy atom. The first-order valence-corrected chi connectivity index (χ1v) is 5.84. The molecule has 3 N–H and O–H groups in total. The van der Waals surface area contributed by atoms with E-state index in [1.807, 2.05) is 37.3 Å². The molecule has 1 rings (SSSR count). The van der Waals surface area contributed by atoms with Gasteiger partial charge >= 0.3 is 5.97 Å². The van der Waals surface area contributed by atoms with Crippen LogP contribution in [0.1, 0.15) is 18.9 Å². The van der Waals surface area contributed by atoms with Crippen LogP contribution >= 0.6 is 0 Å². The Kier molecular flexibility index (Phi) is 5.32. The molecule has 0 bridgehead atoms. The lowest BCUT2D eigenvalue weighted by molar-refractivity contribution is -0.142. The molecule has 0 aromatic heterocycles. The van der Waals surface area contributed by atoms with Gasteiger partial charge in [0.25, 0.3) is 0 Å². The van der Waals surface area contributed by atoms with Gasteiger partial charge in [0.15, 0.2) is 0 Å². The molecule has 0 fully saturated rings. The summed E-state index contributed by atoms with van der Waals surface area (Å²) in [6, 6.07) is 8.41. The molecule has 5 heteroatoms. The van der Waals surface area contributed by atoms with Crippen molar-refractivity contribution in [1.29, 1.82) is 0 Å². The average molecular weight is 250 g/mol. The largest absolute Gasteiger partial charge is 0.480 e. The molecule has 0 heterocycles. The Labute approximate surface area is 106 Å². The first-order valence-electron chi connectivity index (χ1n) is 5.84. The van der Waals surface area contributed by atoms with Crippen molar-refractivity contribution in [3.63, 3.8) is 0 Å². The molecule has 0 radical (unpaired) electrons. The zero-order valence-electron chi connectivity index (χ0n) is 10.4. The molecule has 1 unspecified atom stereocenters. The third-order valence-corrected chi connectivity index (χ3v) is 2.66. The number of hydrogen-bond donors (Lipinski definition) is 2. The lowest BCUT2D eigenvalue weighted by atomic mass is 10.1. The molecular weight excluding hydrogens is 232 g/mol. The second-order valence-electron chi connectivity index (χ2n) is 4.04. The van der Waals surface area contributed by atoms with Gasteiger partial charge < -0.3 is 15.7 Å². The van der Waals surface area contributed by atoms with Crippen LogP contribution in [0.5, 0.6) is 0 Å². The van der Waals surface area contributed by atoms with E-state index in [0.29, 0.717) is 13.1 Å². The summed E-state index contributed by atoms with van der Waals surface area (Å²) in [5, 5.41) is 8.68. The third kappa shape index (κ3) is 4.18. The SMILES string of the molecule is CCN(Cc1ccccc1)C(=O)CC(N)C(=O)O. The zero-order chi connectivity index (χ0) is 13.5. The van der Waals surface area contributed by atoms with Gasteiger partial charge in [-0.1, -0.05) is 30.3 Å². The lowest BCUT2D eigenvalue weighted by Gasteiger charge is -2.21. The van der Waals surface area contributed by atoms with E-state index >= 15 is 0 Å². The average Bonchev–Trinajstić information content (AvgIpc) is 2.36. The van der Waals surface area contributed by atoms with Gasteiger partial charge in [-0.25, -0.2) is 0 Å². The molecule has 18 heavy (non-hydrogen) atoms. The Morgan fingerprint density at radius 1 is 1.33 bits per heavy atom. The van der Waals surface area contributed by atoms with Crippen molar-refractivity contribution in [2.45, 2.75) is 25.9 Å². The maximum absolute atomic E-state index is 11.9. The van der Waals surface area contributed by atoms with Crippen molar-refractivity contribution < 1.29 is 14.7 Å². The van der Waals surface area contributed by atoms with Crippen LogP contribution < -0.4 is 5.73 Å². The Balaban J connectivity index is 2.61. The topological polar surface area (TPSA) is 83.6 Å². The van der Waals surface area contributed by atoms with Crippen molar-refractivity contribution in [2.75, 3.05) is 6.54 Å².